The lowest BCUT2D eigenvalue weighted by Gasteiger charge is -2.60. The largest absolute Gasteiger partial charge is 0.481 e. The number of hydrogen-bond donors (Lipinski definition) is 2. The molecule has 0 aromatic rings. The van der Waals surface area contributed by atoms with E-state index in [-0.39, 0.29) is 16.9 Å². The fourth-order valence-corrected chi connectivity index (χ4v) is 8.87. The molecule has 0 bridgehead atoms. The highest BCUT2D eigenvalue weighted by atomic mass is 16.4. The number of aliphatic hydroxyl groups excluding tert-OH is 1. The molecule has 4 rings (SSSR count). The van der Waals surface area contributed by atoms with Crippen LogP contribution in [0.5, 0.6) is 0 Å². The van der Waals surface area contributed by atoms with Crippen LogP contribution >= 0.6 is 0 Å². The molecule has 3 saturated carbocycles. The molecule has 34 heavy (non-hydrogen) atoms. The molecule has 1 unspecified atom stereocenters. The molecule has 192 valence electrons. The van der Waals surface area contributed by atoms with Gasteiger partial charge >= 0.3 is 5.97 Å². The number of aliphatic hydroxyl groups is 1. The number of carbonyl (C=O) groups excluding carboxylic acids is 1. The van der Waals surface area contributed by atoms with Crippen LogP contribution in [0.3, 0.4) is 0 Å². The predicted molar refractivity (Wildman–Crippen MR) is 135 cm³/mol. The summed E-state index contributed by atoms with van der Waals surface area (Å²) in [6.45, 7) is 4.87. The second-order valence-electron chi connectivity index (χ2n) is 12.6. The number of carboxylic acid groups (broad SMARTS) is 1. The fourth-order valence-electron chi connectivity index (χ4n) is 8.87. The first kappa shape index (κ1) is 25.9. The first-order valence-corrected chi connectivity index (χ1v) is 14.4. The monoisotopic (exact) mass is 472 g/mol. The maximum atomic E-state index is 12.7. The van der Waals surface area contributed by atoms with Crippen LogP contribution in [0.15, 0.2) is 11.6 Å². The zero-order chi connectivity index (χ0) is 24.3. The van der Waals surface area contributed by atoms with E-state index in [0.717, 1.165) is 50.9 Å². The minimum absolute atomic E-state index is 0.117. The fraction of sp³-hybridized carbons (Fsp3) is 0.867. The van der Waals surface area contributed by atoms with Gasteiger partial charge in [0.1, 0.15) is 0 Å². The van der Waals surface area contributed by atoms with Crippen LogP contribution in [0.4, 0.5) is 0 Å². The van der Waals surface area contributed by atoms with Crippen molar-refractivity contribution in [2.24, 2.45) is 34.5 Å². The van der Waals surface area contributed by atoms with E-state index < -0.39 is 5.97 Å². The van der Waals surface area contributed by atoms with Crippen molar-refractivity contribution in [3.8, 4) is 0 Å². The highest BCUT2D eigenvalue weighted by Gasteiger charge is 2.60. The van der Waals surface area contributed by atoms with E-state index in [9.17, 15) is 14.7 Å². The highest BCUT2D eigenvalue weighted by molar-refractivity contribution is 5.92. The molecule has 0 saturated heterocycles. The summed E-state index contributed by atoms with van der Waals surface area (Å²) >= 11 is 0. The van der Waals surface area contributed by atoms with Crippen molar-refractivity contribution in [3.63, 3.8) is 0 Å². The van der Waals surface area contributed by atoms with Crippen LogP contribution in [0, 0.1) is 34.5 Å². The Morgan fingerprint density at radius 1 is 0.941 bits per heavy atom. The summed E-state index contributed by atoms with van der Waals surface area (Å²) in [7, 11) is 0. The van der Waals surface area contributed by atoms with Gasteiger partial charge in [-0.3, -0.25) is 9.59 Å². The summed E-state index contributed by atoms with van der Waals surface area (Å²) in [5, 5.41) is 19.5. The molecule has 4 aliphatic carbocycles. The van der Waals surface area contributed by atoms with Crippen LogP contribution < -0.4 is 0 Å². The first-order valence-electron chi connectivity index (χ1n) is 14.4. The predicted octanol–water partition coefficient (Wildman–Crippen LogP) is 7.09. The van der Waals surface area contributed by atoms with Gasteiger partial charge in [0, 0.05) is 12.8 Å². The smallest absolute Gasteiger partial charge is 0.303 e. The van der Waals surface area contributed by atoms with Crippen molar-refractivity contribution in [1.29, 1.82) is 0 Å². The van der Waals surface area contributed by atoms with Crippen molar-refractivity contribution in [2.45, 2.75) is 129 Å². The van der Waals surface area contributed by atoms with Crippen molar-refractivity contribution in [2.75, 3.05) is 0 Å². The number of ketones is 1. The lowest BCUT2D eigenvalue weighted by atomic mass is 9.45. The Bertz CT molecular complexity index is 772. The second kappa shape index (κ2) is 10.8. The molecular formula is C30H48O4. The van der Waals surface area contributed by atoms with Gasteiger partial charge in [-0.2, -0.15) is 0 Å². The van der Waals surface area contributed by atoms with Crippen molar-refractivity contribution in [1.82, 2.24) is 0 Å². The summed E-state index contributed by atoms with van der Waals surface area (Å²) in [6, 6.07) is 0. The van der Waals surface area contributed by atoms with Gasteiger partial charge in [0.2, 0.25) is 0 Å². The first-order chi connectivity index (χ1) is 16.3. The van der Waals surface area contributed by atoms with Gasteiger partial charge in [-0.1, -0.05) is 64.4 Å². The van der Waals surface area contributed by atoms with Crippen LogP contribution in [0.1, 0.15) is 123 Å². The lowest BCUT2D eigenvalue weighted by Crippen LogP contribution is -2.53. The molecule has 4 aliphatic rings. The summed E-state index contributed by atoms with van der Waals surface area (Å²) in [5.74, 6) is 2.22. The molecule has 0 aromatic heterocycles. The number of hydrogen-bond acceptors (Lipinski definition) is 3. The summed E-state index contributed by atoms with van der Waals surface area (Å²) in [5.41, 5.74) is 1.75. The van der Waals surface area contributed by atoms with Gasteiger partial charge in [0.05, 0.1) is 6.10 Å². The molecule has 4 heteroatoms. The third kappa shape index (κ3) is 5.04. The van der Waals surface area contributed by atoms with Gasteiger partial charge in [-0.15, -0.1) is 0 Å². The third-order valence-corrected chi connectivity index (χ3v) is 10.9. The Hall–Kier alpha value is -1.16. The highest BCUT2D eigenvalue weighted by Crippen LogP contribution is 2.66. The summed E-state index contributed by atoms with van der Waals surface area (Å²) < 4.78 is 0. The standard InChI is InChI=1S/C30H48O4/c1-29-18-17-26-24(25(29)15-16-27(29)32)14-13-22-20-23(31)19-21(30(22,26)2)11-9-7-5-3-4-6-8-10-12-28(33)34/h20-21,24-27,32H,3-19H2,1-2H3,(H,33,34)/t21?,24-,25-,26-,27-,29-,30-/m0/s1. The van der Waals surface area contributed by atoms with Gasteiger partial charge in [0.15, 0.2) is 5.78 Å². The van der Waals surface area contributed by atoms with E-state index >= 15 is 0 Å². The number of unbranched alkanes of at least 4 members (excludes halogenated alkanes) is 7. The van der Waals surface area contributed by atoms with Crippen LogP contribution in [0.25, 0.3) is 0 Å². The van der Waals surface area contributed by atoms with E-state index in [1.165, 1.54) is 63.4 Å². The molecule has 7 atom stereocenters. The number of allylic oxidation sites excluding steroid dienone is 1. The van der Waals surface area contributed by atoms with E-state index in [0.29, 0.717) is 30.0 Å². The van der Waals surface area contributed by atoms with Crippen molar-refractivity contribution >= 4 is 11.8 Å². The normalized spacial score (nSPS) is 39.2. The van der Waals surface area contributed by atoms with Gasteiger partial charge in [0.25, 0.3) is 0 Å². The molecule has 0 radical (unpaired) electrons. The van der Waals surface area contributed by atoms with Crippen LogP contribution in [-0.4, -0.2) is 28.1 Å². The number of fused-ring (bicyclic) bond motifs is 5. The van der Waals surface area contributed by atoms with Gasteiger partial charge in [-0.05, 0) is 91.9 Å². The topological polar surface area (TPSA) is 74.6 Å². The third-order valence-electron chi connectivity index (χ3n) is 10.9. The molecule has 0 aliphatic heterocycles. The van der Waals surface area contributed by atoms with Crippen LogP contribution in [-0.2, 0) is 9.59 Å². The molecule has 2 N–H and O–H groups in total. The zero-order valence-electron chi connectivity index (χ0n) is 21.7. The SMILES string of the molecule is C[C@]12CC[C@H]3[C@@H](CCC4=CC(=O)CC(CCCCCCCCCCC(=O)O)[C@@]43C)[C@@H]1CC[C@@H]2O. The molecule has 0 spiro atoms. The average Bonchev–Trinajstić information content (AvgIpc) is 3.10. The molecular weight excluding hydrogens is 424 g/mol. The van der Waals surface area contributed by atoms with E-state index in [1.807, 2.05) is 6.08 Å². The van der Waals surface area contributed by atoms with E-state index in [2.05, 4.69) is 13.8 Å². The minimum atomic E-state index is -0.680. The van der Waals surface area contributed by atoms with Gasteiger partial charge < -0.3 is 10.2 Å². The maximum Gasteiger partial charge on any atom is 0.303 e. The van der Waals surface area contributed by atoms with Crippen LogP contribution in [0.2, 0.25) is 0 Å². The van der Waals surface area contributed by atoms with Crippen molar-refractivity contribution < 1.29 is 19.8 Å². The summed E-state index contributed by atoms with van der Waals surface area (Å²) in [4.78, 5) is 23.3. The maximum absolute atomic E-state index is 12.7. The van der Waals surface area contributed by atoms with Crippen molar-refractivity contribution in [3.05, 3.63) is 11.6 Å². The second-order valence-corrected chi connectivity index (χ2v) is 12.6. The summed E-state index contributed by atoms with van der Waals surface area (Å²) in [6.07, 6.45) is 20.1. The Kier molecular flexibility index (Phi) is 8.27. The lowest BCUT2D eigenvalue weighted by molar-refractivity contribution is -0.137. The molecule has 4 nitrogen and oxygen atoms in total. The zero-order valence-corrected chi connectivity index (χ0v) is 21.7. The van der Waals surface area contributed by atoms with E-state index in [1.54, 1.807) is 0 Å². The Labute approximate surface area is 207 Å². The molecule has 0 amide bonds. The quantitative estimate of drug-likeness (QED) is 0.315. The molecule has 3 fully saturated rings. The van der Waals surface area contributed by atoms with E-state index in [4.69, 9.17) is 5.11 Å². The molecule has 0 aromatic carbocycles. The minimum Gasteiger partial charge on any atom is -0.481 e. The Morgan fingerprint density at radius 3 is 2.32 bits per heavy atom. The average molecular weight is 473 g/mol. The molecule has 0 heterocycles. The number of rotatable bonds is 11. The Morgan fingerprint density at radius 2 is 1.62 bits per heavy atom. The number of carbonyl (C=O) groups is 2. The number of aliphatic carboxylic acids is 1. The number of carboxylic acids is 1. The van der Waals surface area contributed by atoms with Gasteiger partial charge in [-0.25, -0.2) is 0 Å². The Balaban J connectivity index is 1.30.